The van der Waals surface area contributed by atoms with E-state index < -0.39 is 0 Å². The molecule has 3 aromatic rings. The van der Waals surface area contributed by atoms with Gasteiger partial charge in [-0.1, -0.05) is 11.6 Å². The molecule has 0 aliphatic carbocycles. The van der Waals surface area contributed by atoms with Crippen molar-refractivity contribution in [3.63, 3.8) is 0 Å². The molecule has 0 unspecified atom stereocenters. The van der Waals surface area contributed by atoms with Gasteiger partial charge in [-0.15, -0.1) is 0 Å². The summed E-state index contributed by atoms with van der Waals surface area (Å²) in [7, 11) is 0. The Kier molecular flexibility index (Phi) is 4.93. The van der Waals surface area contributed by atoms with Crippen LogP contribution in [0, 0.1) is 13.8 Å². The summed E-state index contributed by atoms with van der Waals surface area (Å²) in [6.07, 6.45) is 3.18. The number of nitrogens with zero attached hydrogens (tertiary/aromatic N) is 2. The molecular weight excluding hydrogens is 314 g/mol. The molecule has 5 nitrogen and oxygen atoms in total. The molecule has 0 saturated carbocycles. The molecule has 5 heteroatoms. The highest BCUT2D eigenvalue weighted by Gasteiger charge is 2.14. The lowest BCUT2D eigenvalue weighted by Gasteiger charge is -2.16. The summed E-state index contributed by atoms with van der Waals surface area (Å²) in [5.41, 5.74) is 3.39. The summed E-state index contributed by atoms with van der Waals surface area (Å²) in [6.45, 7) is 6.21. The minimum Gasteiger partial charge on any atom is -0.487 e. The Morgan fingerprint density at radius 2 is 2.08 bits per heavy atom. The number of hydrogen-bond donors (Lipinski definition) is 1. The number of benzene rings is 1. The van der Waals surface area contributed by atoms with E-state index in [4.69, 9.17) is 4.74 Å². The number of hydrogen-bond acceptors (Lipinski definition) is 4. The highest BCUT2D eigenvalue weighted by Crippen LogP contribution is 2.20. The molecule has 0 saturated heterocycles. The molecule has 128 valence electrons. The van der Waals surface area contributed by atoms with Crippen molar-refractivity contribution in [2.24, 2.45) is 0 Å². The van der Waals surface area contributed by atoms with Crippen molar-refractivity contribution in [1.82, 2.24) is 15.3 Å². The second-order valence-electron chi connectivity index (χ2n) is 6.16. The van der Waals surface area contributed by atoms with Crippen molar-refractivity contribution >= 4 is 16.8 Å². The highest BCUT2D eigenvalue weighted by molar-refractivity contribution is 6.06. The zero-order valence-corrected chi connectivity index (χ0v) is 14.6. The predicted molar refractivity (Wildman–Crippen MR) is 97.9 cm³/mol. The van der Waals surface area contributed by atoms with Crippen LogP contribution in [0.4, 0.5) is 0 Å². The number of pyridine rings is 2. The van der Waals surface area contributed by atoms with E-state index >= 15 is 0 Å². The van der Waals surface area contributed by atoms with Crippen LogP contribution in [-0.4, -0.2) is 28.5 Å². The van der Waals surface area contributed by atoms with Gasteiger partial charge in [0.1, 0.15) is 11.9 Å². The monoisotopic (exact) mass is 335 g/mol. The quantitative estimate of drug-likeness (QED) is 0.776. The molecule has 0 bridgehead atoms. The first-order valence-corrected chi connectivity index (χ1v) is 8.26. The van der Waals surface area contributed by atoms with Crippen LogP contribution in [0.15, 0.2) is 48.8 Å². The summed E-state index contributed by atoms with van der Waals surface area (Å²) in [4.78, 5) is 21.2. The van der Waals surface area contributed by atoms with E-state index in [1.807, 2.05) is 57.2 Å². The SMILES string of the molecule is Cc1ccc2nc(C)cc(C(=O)NC[C@H](C)Oc3cccnc3)c2c1. The van der Waals surface area contributed by atoms with Crippen molar-refractivity contribution in [2.75, 3.05) is 6.54 Å². The number of amides is 1. The number of fused-ring (bicyclic) bond motifs is 1. The molecule has 0 aliphatic rings. The Bertz CT molecular complexity index is 894. The molecular formula is C20H21N3O2. The van der Waals surface area contributed by atoms with Gasteiger partial charge >= 0.3 is 0 Å². The Labute approximate surface area is 147 Å². The minimum absolute atomic E-state index is 0.122. The number of carbonyl (C=O) groups excluding carboxylic acids is 1. The van der Waals surface area contributed by atoms with Crippen molar-refractivity contribution < 1.29 is 9.53 Å². The van der Waals surface area contributed by atoms with E-state index in [-0.39, 0.29) is 12.0 Å². The molecule has 25 heavy (non-hydrogen) atoms. The third-order valence-corrected chi connectivity index (χ3v) is 3.86. The zero-order valence-electron chi connectivity index (χ0n) is 14.6. The maximum atomic E-state index is 12.7. The lowest BCUT2D eigenvalue weighted by molar-refractivity contribution is 0.0933. The predicted octanol–water partition coefficient (Wildman–Crippen LogP) is 3.44. The summed E-state index contributed by atoms with van der Waals surface area (Å²) < 4.78 is 5.74. The highest BCUT2D eigenvalue weighted by atomic mass is 16.5. The third-order valence-electron chi connectivity index (χ3n) is 3.86. The summed E-state index contributed by atoms with van der Waals surface area (Å²) in [6, 6.07) is 11.4. The summed E-state index contributed by atoms with van der Waals surface area (Å²) >= 11 is 0. The Morgan fingerprint density at radius 1 is 1.24 bits per heavy atom. The van der Waals surface area contributed by atoms with Crippen LogP contribution in [0.3, 0.4) is 0 Å². The fourth-order valence-electron chi connectivity index (χ4n) is 2.68. The van der Waals surface area contributed by atoms with Gasteiger partial charge in [-0.3, -0.25) is 14.8 Å². The van der Waals surface area contributed by atoms with Gasteiger partial charge in [-0.05, 0) is 51.1 Å². The Balaban J connectivity index is 1.73. The minimum atomic E-state index is -0.163. The zero-order chi connectivity index (χ0) is 17.8. The molecule has 1 aromatic carbocycles. The van der Waals surface area contributed by atoms with Gasteiger partial charge in [-0.2, -0.15) is 0 Å². The van der Waals surface area contributed by atoms with E-state index in [2.05, 4.69) is 15.3 Å². The molecule has 1 amide bonds. The van der Waals surface area contributed by atoms with Gasteiger partial charge in [0.2, 0.25) is 0 Å². The maximum Gasteiger partial charge on any atom is 0.252 e. The third kappa shape index (κ3) is 4.12. The molecule has 0 radical (unpaired) electrons. The standard InChI is InChI=1S/C20H21N3O2/c1-13-6-7-19-17(9-13)18(10-14(2)23-19)20(24)22-11-15(3)25-16-5-4-8-21-12-16/h4-10,12,15H,11H2,1-3H3,(H,22,24)/t15-/m0/s1. The number of carbonyl (C=O) groups is 1. The molecule has 2 aromatic heterocycles. The van der Waals surface area contributed by atoms with Crippen molar-refractivity contribution in [2.45, 2.75) is 26.9 Å². The van der Waals surface area contributed by atoms with Crippen LogP contribution in [0.1, 0.15) is 28.5 Å². The van der Waals surface area contributed by atoms with E-state index in [1.54, 1.807) is 12.4 Å². The normalized spacial score (nSPS) is 12.0. The lowest BCUT2D eigenvalue weighted by atomic mass is 10.0. The summed E-state index contributed by atoms with van der Waals surface area (Å²) in [5.74, 6) is 0.563. The fraction of sp³-hybridized carbons (Fsp3) is 0.250. The largest absolute Gasteiger partial charge is 0.487 e. The molecule has 1 atom stereocenters. The van der Waals surface area contributed by atoms with Crippen LogP contribution in [0.5, 0.6) is 5.75 Å². The fourth-order valence-corrected chi connectivity index (χ4v) is 2.68. The second kappa shape index (κ2) is 7.30. The molecule has 0 aliphatic heterocycles. The van der Waals surface area contributed by atoms with Gasteiger partial charge in [0, 0.05) is 17.3 Å². The van der Waals surface area contributed by atoms with E-state index in [0.717, 1.165) is 22.2 Å². The molecule has 1 N–H and O–H groups in total. The smallest absolute Gasteiger partial charge is 0.252 e. The van der Waals surface area contributed by atoms with Crippen molar-refractivity contribution in [3.05, 3.63) is 65.6 Å². The topological polar surface area (TPSA) is 64.1 Å². The van der Waals surface area contributed by atoms with E-state index in [1.165, 1.54) is 0 Å². The molecule has 3 rings (SSSR count). The number of aryl methyl sites for hydroxylation is 2. The molecule has 0 fully saturated rings. The van der Waals surface area contributed by atoms with Crippen LogP contribution < -0.4 is 10.1 Å². The number of nitrogens with one attached hydrogen (secondary N) is 1. The Hall–Kier alpha value is -2.95. The molecule has 2 heterocycles. The van der Waals surface area contributed by atoms with Gasteiger partial charge < -0.3 is 10.1 Å². The first-order valence-electron chi connectivity index (χ1n) is 8.26. The lowest BCUT2D eigenvalue weighted by Crippen LogP contribution is -2.33. The van der Waals surface area contributed by atoms with Crippen LogP contribution in [0.25, 0.3) is 10.9 Å². The molecule has 0 spiro atoms. The summed E-state index contributed by atoms with van der Waals surface area (Å²) in [5, 5.41) is 3.81. The Morgan fingerprint density at radius 3 is 2.84 bits per heavy atom. The first-order chi connectivity index (χ1) is 12.0. The van der Waals surface area contributed by atoms with Gasteiger partial charge in [-0.25, -0.2) is 0 Å². The van der Waals surface area contributed by atoms with E-state index in [9.17, 15) is 4.79 Å². The number of aromatic nitrogens is 2. The van der Waals surface area contributed by atoms with Crippen LogP contribution >= 0.6 is 0 Å². The number of ether oxygens (including phenoxy) is 1. The van der Waals surface area contributed by atoms with Crippen LogP contribution in [-0.2, 0) is 0 Å². The first kappa shape index (κ1) is 16.9. The maximum absolute atomic E-state index is 12.7. The average Bonchev–Trinajstić information content (AvgIpc) is 2.60. The van der Waals surface area contributed by atoms with Gasteiger partial charge in [0.25, 0.3) is 5.91 Å². The second-order valence-corrected chi connectivity index (χ2v) is 6.16. The van der Waals surface area contributed by atoms with Crippen LogP contribution in [0.2, 0.25) is 0 Å². The number of rotatable bonds is 5. The average molecular weight is 335 g/mol. The van der Waals surface area contributed by atoms with Gasteiger partial charge in [0.15, 0.2) is 0 Å². The van der Waals surface area contributed by atoms with Gasteiger partial charge in [0.05, 0.1) is 23.8 Å². The van der Waals surface area contributed by atoms with E-state index in [0.29, 0.717) is 17.9 Å². The van der Waals surface area contributed by atoms with Crippen molar-refractivity contribution in [1.29, 1.82) is 0 Å². The van der Waals surface area contributed by atoms with Crippen molar-refractivity contribution in [3.8, 4) is 5.75 Å².